The molecule has 84 valence electrons. The Bertz CT molecular complexity index is 370. The molecule has 0 spiro atoms. The first kappa shape index (κ1) is 12.2. The van der Waals surface area contributed by atoms with Gasteiger partial charge >= 0.3 is 5.97 Å². The second-order valence-corrected chi connectivity index (χ2v) is 3.33. The number of hydrogen-bond donors (Lipinski definition) is 1. The summed E-state index contributed by atoms with van der Waals surface area (Å²) in [5, 5.41) is 2.74. The molecule has 16 heavy (non-hydrogen) atoms. The van der Waals surface area contributed by atoms with Gasteiger partial charge in [-0.1, -0.05) is 30.3 Å². The maximum absolute atomic E-state index is 11.2. The molecule has 0 amide bonds. The third-order valence-corrected chi connectivity index (χ3v) is 1.98. The maximum Gasteiger partial charge on any atom is 0.320 e. The Hall–Kier alpha value is -1.86. The Kier molecular flexibility index (Phi) is 5.03. The van der Waals surface area contributed by atoms with E-state index in [1.165, 1.54) is 0 Å². The fourth-order valence-corrected chi connectivity index (χ4v) is 1.07. The highest BCUT2D eigenvalue weighted by molar-refractivity contribution is 5.71. The average Bonchev–Trinajstić information content (AvgIpc) is 2.34. The van der Waals surface area contributed by atoms with E-state index in [9.17, 15) is 4.79 Å². The molecule has 1 aromatic rings. The molecule has 0 fully saturated rings. The van der Waals surface area contributed by atoms with Crippen molar-refractivity contribution in [1.82, 2.24) is 5.32 Å². The summed E-state index contributed by atoms with van der Waals surface area (Å²) in [5.74, 6) is -0.348. The van der Waals surface area contributed by atoms with Gasteiger partial charge in [0.1, 0.15) is 13.2 Å². The molecule has 1 aromatic carbocycles. The zero-order chi connectivity index (χ0) is 11.8. The van der Waals surface area contributed by atoms with Crippen LogP contribution in [-0.2, 0) is 16.1 Å². The minimum Gasteiger partial charge on any atom is -0.460 e. The van der Waals surface area contributed by atoms with Crippen LogP contribution in [0.3, 0.4) is 0 Å². The van der Waals surface area contributed by atoms with E-state index in [0.717, 1.165) is 5.56 Å². The van der Waals surface area contributed by atoms with E-state index in [1.54, 1.807) is 6.92 Å². The van der Waals surface area contributed by atoms with Crippen LogP contribution >= 0.6 is 0 Å². The van der Waals surface area contributed by atoms with E-state index in [0.29, 0.717) is 0 Å². The minimum absolute atomic E-state index is 0.0659. The molecule has 0 aliphatic rings. The molecule has 0 saturated heterocycles. The van der Waals surface area contributed by atoms with Crippen molar-refractivity contribution in [1.29, 1.82) is 0 Å². The molecule has 0 bridgehead atoms. The first-order valence-corrected chi connectivity index (χ1v) is 5.02. The first-order valence-electron chi connectivity index (χ1n) is 5.02. The van der Waals surface area contributed by atoms with Crippen molar-refractivity contribution in [3.63, 3.8) is 0 Å². The molecule has 0 saturated carbocycles. The molecule has 4 nitrogen and oxygen atoms in total. The lowest BCUT2D eigenvalue weighted by atomic mass is 10.2. The Morgan fingerprint density at radius 3 is 2.81 bits per heavy atom. The van der Waals surface area contributed by atoms with Crippen molar-refractivity contribution < 1.29 is 9.53 Å². The smallest absolute Gasteiger partial charge is 0.320 e. The molecule has 0 heterocycles. The number of carbonyl (C=O) groups excluding carboxylic acids is 1. The van der Waals surface area contributed by atoms with Gasteiger partial charge < -0.3 is 4.74 Å². The van der Waals surface area contributed by atoms with Crippen LogP contribution in [0.1, 0.15) is 12.5 Å². The number of hydrogen-bond acceptors (Lipinski definition) is 3. The number of benzene rings is 1. The van der Waals surface area contributed by atoms with E-state index in [-0.39, 0.29) is 25.3 Å². The number of nitrogens with zero attached hydrogens (tertiary/aromatic N) is 1. The highest BCUT2D eigenvalue weighted by Crippen LogP contribution is 2.00. The summed E-state index contributed by atoms with van der Waals surface area (Å²) in [6.07, 6.45) is -0.357. The number of esters is 1. The van der Waals surface area contributed by atoms with Gasteiger partial charge in [-0.25, -0.2) is 11.9 Å². The highest BCUT2D eigenvalue weighted by atomic mass is 16.5. The Morgan fingerprint density at radius 1 is 1.50 bits per heavy atom. The van der Waals surface area contributed by atoms with Crippen LogP contribution in [0.5, 0.6) is 0 Å². The third-order valence-electron chi connectivity index (χ3n) is 1.98. The number of nitrogens with one attached hydrogen (secondary N) is 1. The Morgan fingerprint density at radius 2 is 2.19 bits per heavy atom. The SMILES string of the molecule is [C-]#[N+]C(C)NCC(=O)OCc1ccccc1. The zero-order valence-electron chi connectivity index (χ0n) is 9.14. The van der Waals surface area contributed by atoms with Crippen LogP contribution in [0.25, 0.3) is 4.85 Å². The molecule has 4 heteroatoms. The summed E-state index contributed by atoms with van der Waals surface area (Å²) in [6, 6.07) is 9.47. The molecular weight excluding hydrogens is 204 g/mol. The predicted octanol–water partition coefficient (Wildman–Crippen LogP) is 1.58. The van der Waals surface area contributed by atoms with Gasteiger partial charge in [-0.15, -0.1) is 0 Å². The zero-order valence-corrected chi connectivity index (χ0v) is 9.14. The Labute approximate surface area is 95.0 Å². The van der Waals surface area contributed by atoms with Crippen LogP contribution in [0.4, 0.5) is 0 Å². The van der Waals surface area contributed by atoms with E-state index in [4.69, 9.17) is 11.3 Å². The molecule has 1 unspecified atom stereocenters. The molecule has 1 N–H and O–H groups in total. The summed E-state index contributed by atoms with van der Waals surface area (Å²) in [5.41, 5.74) is 0.953. The van der Waals surface area contributed by atoms with Crippen molar-refractivity contribution in [3.05, 3.63) is 47.3 Å². The molecule has 0 aliphatic carbocycles. The van der Waals surface area contributed by atoms with E-state index in [1.807, 2.05) is 30.3 Å². The van der Waals surface area contributed by atoms with E-state index < -0.39 is 0 Å². The summed E-state index contributed by atoms with van der Waals surface area (Å²) >= 11 is 0. The van der Waals surface area contributed by atoms with Gasteiger partial charge in [0.25, 0.3) is 6.17 Å². The summed E-state index contributed by atoms with van der Waals surface area (Å²) in [7, 11) is 0. The molecular formula is C12H14N2O2. The number of rotatable bonds is 5. The van der Waals surface area contributed by atoms with E-state index in [2.05, 4.69) is 10.2 Å². The van der Waals surface area contributed by atoms with Crippen molar-refractivity contribution in [3.8, 4) is 0 Å². The summed E-state index contributed by atoms with van der Waals surface area (Å²) in [4.78, 5) is 14.5. The van der Waals surface area contributed by atoms with Crippen LogP contribution in [0.2, 0.25) is 0 Å². The first-order chi connectivity index (χ1) is 7.72. The summed E-state index contributed by atoms with van der Waals surface area (Å²) in [6.45, 7) is 8.73. The largest absolute Gasteiger partial charge is 0.460 e. The maximum atomic E-state index is 11.2. The second-order valence-electron chi connectivity index (χ2n) is 3.33. The standard InChI is InChI=1S/C12H14N2O2/c1-10(13-2)14-8-12(15)16-9-11-6-4-3-5-7-11/h3-7,10,14H,8-9H2,1H3. The Balaban J connectivity index is 2.24. The fourth-order valence-electron chi connectivity index (χ4n) is 1.07. The third kappa shape index (κ3) is 4.58. The molecule has 0 radical (unpaired) electrons. The lowest BCUT2D eigenvalue weighted by Gasteiger charge is -2.05. The van der Waals surface area contributed by atoms with Gasteiger partial charge in [0.15, 0.2) is 0 Å². The highest BCUT2D eigenvalue weighted by Gasteiger charge is 2.07. The molecule has 0 aliphatic heterocycles. The quantitative estimate of drug-likeness (QED) is 0.602. The molecule has 0 aromatic heterocycles. The average molecular weight is 218 g/mol. The monoisotopic (exact) mass is 218 g/mol. The van der Waals surface area contributed by atoms with Gasteiger partial charge in [0, 0.05) is 6.92 Å². The second kappa shape index (κ2) is 6.59. The number of carbonyl (C=O) groups is 1. The summed E-state index contributed by atoms with van der Waals surface area (Å²) < 4.78 is 5.02. The topological polar surface area (TPSA) is 42.7 Å². The van der Waals surface area contributed by atoms with Crippen LogP contribution in [0, 0.1) is 6.57 Å². The fraction of sp³-hybridized carbons (Fsp3) is 0.333. The molecule has 1 atom stereocenters. The minimum atomic E-state index is -0.357. The van der Waals surface area contributed by atoms with E-state index >= 15 is 0 Å². The van der Waals surface area contributed by atoms with Crippen molar-refractivity contribution in [2.24, 2.45) is 0 Å². The van der Waals surface area contributed by atoms with Gasteiger partial charge in [0.05, 0.1) is 0 Å². The lowest BCUT2D eigenvalue weighted by Crippen LogP contribution is -2.30. The van der Waals surface area contributed by atoms with Gasteiger partial charge in [-0.05, 0) is 5.56 Å². The van der Waals surface area contributed by atoms with Crippen molar-refractivity contribution in [2.45, 2.75) is 19.7 Å². The van der Waals surface area contributed by atoms with Crippen molar-refractivity contribution >= 4 is 5.97 Å². The van der Waals surface area contributed by atoms with Gasteiger partial charge in [-0.3, -0.25) is 9.64 Å². The van der Waals surface area contributed by atoms with Crippen molar-refractivity contribution in [2.75, 3.05) is 6.54 Å². The van der Waals surface area contributed by atoms with Crippen LogP contribution in [0.15, 0.2) is 30.3 Å². The van der Waals surface area contributed by atoms with Crippen LogP contribution in [-0.4, -0.2) is 18.7 Å². The predicted molar refractivity (Wildman–Crippen MR) is 60.3 cm³/mol. The normalized spacial score (nSPS) is 11.5. The van der Waals surface area contributed by atoms with Crippen LogP contribution < -0.4 is 5.32 Å². The van der Waals surface area contributed by atoms with Gasteiger partial charge in [0.2, 0.25) is 0 Å². The number of ether oxygens (including phenoxy) is 1. The van der Waals surface area contributed by atoms with Gasteiger partial charge in [-0.2, -0.15) is 0 Å². The molecule has 1 rings (SSSR count). The lowest BCUT2D eigenvalue weighted by molar-refractivity contribution is -0.143.